The Kier molecular flexibility index (Phi) is 6.52. The first-order valence-corrected chi connectivity index (χ1v) is 5.60. The van der Waals surface area contributed by atoms with Crippen LogP contribution < -0.4 is 11.1 Å². The Morgan fingerprint density at radius 2 is 1.87 bits per heavy atom. The maximum Gasteiger partial charge on any atom is 0.237 e. The van der Waals surface area contributed by atoms with Crippen molar-refractivity contribution in [2.24, 2.45) is 17.6 Å². The van der Waals surface area contributed by atoms with Crippen LogP contribution in [0.5, 0.6) is 0 Å². The first-order chi connectivity index (χ1) is 6.93. The van der Waals surface area contributed by atoms with Gasteiger partial charge in [0.05, 0.1) is 6.04 Å². The van der Waals surface area contributed by atoms with Gasteiger partial charge in [-0.05, 0) is 18.8 Å². The minimum atomic E-state index is -0.455. The van der Waals surface area contributed by atoms with Gasteiger partial charge in [-0.2, -0.15) is 0 Å². The second-order valence-electron chi connectivity index (χ2n) is 4.37. The van der Waals surface area contributed by atoms with Crippen molar-refractivity contribution in [1.82, 2.24) is 5.32 Å². The van der Waals surface area contributed by atoms with E-state index in [4.69, 9.17) is 10.8 Å². The summed E-state index contributed by atoms with van der Waals surface area (Å²) < 4.78 is 0. The molecule has 15 heavy (non-hydrogen) atoms. The molecule has 0 aliphatic heterocycles. The van der Waals surface area contributed by atoms with Gasteiger partial charge in [0, 0.05) is 12.6 Å². The normalized spacial score (nSPS) is 19.1. The molecular weight excluding hydrogens is 192 g/mol. The summed E-state index contributed by atoms with van der Waals surface area (Å²) in [6, 6.07) is -0.499. The summed E-state index contributed by atoms with van der Waals surface area (Å²) in [5.41, 5.74) is 5.79. The molecule has 0 saturated carbocycles. The number of carbonyl (C=O) groups is 1. The average molecular weight is 216 g/mol. The summed E-state index contributed by atoms with van der Waals surface area (Å²) in [4.78, 5) is 11.7. The van der Waals surface area contributed by atoms with Crippen LogP contribution in [0.4, 0.5) is 0 Å². The number of hydrogen-bond donors (Lipinski definition) is 3. The zero-order valence-corrected chi connectivity index (χ0v) is 10.2. The van der Waals surface area contributed by atoms with E-state index in [1.54, 1.807) is 0 Å². The average Bonchev–Trinajstić information content (AvgIpc) is 2.25. The van der Waals surface area contributed by atoms with Gasteiger partial charge in [0.2, 0.25) is 5.91 Å². The molecule has 0 aromatic carbocycles. The molecule has 3 unspecified atom stereocenters. The smallest absolute Gasteiger partial charge is 0.237 e. The second kappa shape index (κ2) is 6.80. The van der Waals surface area contributed by atoms with E-state index in [1.165, 1.54) is 0 Å². The van der Waals surface area contributed by atoms with Crippen molar-refractivity contribution in [2.45, 2.75) is 46.2 Å². The fourth-order valence-electron chi connectivity index (χ4n) is 1.13. The van der Waals surface area contributed by atoms with E-state index in [2.05, 4.69) is 5.32 Å². The lowest BCUT2D eigenvalue weighted by Gasteiger charge is -2.23. The molecule has 0 aliphatic rings. The molecule has 0 aliphatic carbocycles. The van der Waals surface area contributed by atoms with Crippen molar-refractivity contribution < 1.29 is 9.90 Å². The summed E-state index contributed by atoms with van der Waals surface area (Å²) in [5, 5.41) is 11.8. The van der Waals surface area contributed by atoms with Gasteiger partial charge < -0.3 is 16.2 Å². The number of aliphatic hydroxyl groups is 1. The minimum Gasteiger partial charge on any atom is -0.396 e. The number of nitrogens with one attached hydrogen (secondary N) is 1. The SMILES string of the molecule is CCC(C)[C@H](N)C(=O)NC(C)C(C)CO. The Labute approximate surface area is 92.2 Å². The van der Waals surface area contributed by atoms with Gasteiger partial charge in [-0.15, -0.1) is 0 Å². The van der Waals surface area contributed by atoms with Gasteiger partial charge in [0.15, 0.2) is 0 Å². The van der Waals surface area contributed by atoms with Crippen molar-refractivity contribution in [3.8, 4) is 0 Å². The van der Waals surface area contributed by atoms with Crippen molar-refractivity contribution in [1.29, 1.82) is 0 Å². The van der Waals surface area contributed by atoms with Crippen molar-refractivity contribution in [3.05, 3.63) is 0 Å². The zero-order chi connectivity index (χ0) is 12.0. The van der Waals surface area contributed by atoms with Crippen LogP contribution >= 0.6 is 0 Å². The van der Waals surface area contributed by atoms with Crippen LogP contribution in [0, 0.1) is 11.8 Å². The van der Waals surface area contributed by atoms with E-state index in [0.29, 0.717) is 0 Å². The van der Waals surface area contributed by atoms with Crippen LogP contribution in [0.25, 0.3) is 0 Å². The van der Waals surface area contributed by atoms with Crippen molar-refractivity contribution in [2.75, 3.05) is 6.61 Å². The predicted octanol–water partition coefficient (Wildman–Crippen LogP) is 0.493. The molecule has 4 nitrogen and oxygen atoms in total. The fraction of sp³-hybridized carbons (Fsp3) is 0.909. The molecule has 4 N–H and O–H groups in total. The van der Waals surface area contributed by atoms with Crippen LogP contribution in [0.2, 0.25) is 0 Å². The molecule has 0 heterocycles. The highest BCUT2D eigenvalue weighted by Gasteiger charge is 2.22. The van der Waals surface area contributed by atoms with E-state index >= 15 is 0 Å². The third-order valence-corrected chi connectivity index (χ3v) is 3.07. The summed E-state index contributed by atoms with van der Waals surface area (Å²) >= 11 is 0. The van der Waals surface area contributed by atoms with Crippen molar-refractivity contribution >= 4 is 5.91 Å². The molecule has 0 radical (unpaired) electrons. The zero-order valence-electron chi connectivity index (χ0n) is 10.2. The molecule has 0 saturated heterocycles. The first kappa shape index (κ1) is 14.4. The van der Waals surface area contributed by atoms with Gasteiger partial charge in [-0.3, -0.25) is 4.79 Å². The van der Waals surface area contributed by atoms with Crippen LogP contribution in [-0.4, -0.2) is 29.7 Å². The number of carbonyl (C=O) groups excluding carboxylic acids is 1. The van der Waals surface area contributed by atoms with Crippen molar-refractivity contribution in [3.63, 3.8) is 0 Å². The summed E-state index contributed by atoms with van der Waals surface area (Å²) in [7, 11) is 0. The van der Waals surface area contributed by atoms with E-state index in [-0.39, 0.29) is 30.4 Å². The van der Waals surface area contributed by atoms with Gasteiger partial charge in [-0.25, -0.2) is 0 Å². The van der Waals surface area contributed by atoms with Gasteiger partial charge in [-0.1, -0.05) is 27.2 Å². The van der Waals surface area contributed by atoms with E-state index in [9.17, 15) is 4.79 Å². The number of hydrogen-bond acceptors (Lipinski definition) is 3. The molecule has 4 atom stereocenters. The largest absolute Gasteiger partial charge is 0.396 e. The number of amides is 1. The summed E-state index contributed by atoms with van der Waals surface area (Å²) in [5.74, 6) is 0.108. The second-order valence-corrected chi connectivity index (χ2v) is 4.37. The molecule has 90 valence electrons. The van der Waals surface area contributed by atoms with Gasteiger partial charge >= 0.3 is 0 Å². The van der Waals surface area contributed by atoms with Crippen LogP contribution in [0.3, 0.4) is 0 Å². The molecular formula is C11H24N2O2. The van der Waals surface area contributed by atoms with E-state index < -0.39 is 6.04 Å². The molecule has 0 bridgehead atoms. The minimum absolute atomic E-state index is 0.0439. The highest BCUT2D eigenvalue weighted by Crippen LogP contribution is 2.07. The van der Waals surface area contributed by atoms with E-state index in [0.717, 1.165) is 6.42 Å². The Morgan fingerprint density at radius 3 is 2.27 bits per heavy atom. The summed E-state index contributed by atoms with van der Waals surface area (Å²) in [6.07, 6.45) is 0.887. The Balaban J connectivity index is 4.12. The molecule has 4 heteroatoms. The Hall–Kier alpha value is -0.610. The lowest BCUT2D eigenvalue weighted by Crippen LogP contribution is -2.49. The lowest BCUT2D eigenvalue weighted by atomic mass is 9.98. The van der Waals surface area contributed by atoms with Gasteiger partial charge in [0.25, 0.3) is 0 Å². The standard InChI is InChI=1S/C11H24N2O2/c1-5-7(2)10(12)11(15)13-9(4)8(3)6-14/h7-10,14H,5-6,12H2,1-4H3,(H,13,15)/t7?,8?,9?,10-/m0/s1. The van der Waals surface area contributed by atoms with Gasteiger partial charge in [0.1, 0.15) is 0 Å². The molecule has 0 fully saturated rings. The Bertz CT molecular complexity index is 197. The van der Waals surface area contributed by atoms with Crippen LogP contribution in [-0.2, 0) is 4.79 Å². The lowest BCUT2D eigenvalue weighted by molar-refractivity contribution is -0.124. The molecule has 0 rings (SSSR count). The number of aliphatic hydroxyl groups excluding tert-OH is 1. The van der Waals surface area contributed by atoms with Crippen LogP contribution in [0.1, 0.15) is 34.1 Å². The Morgan fingerprint density at radius 1 is 1.33 bits per heavy atom. The molecule has 0 aromatic rings. The van der Waals surface area contributed by atoms with Crippen LogP contribution in [0.15, 0.2) is 0 Å². The first-order valence-electron chi connectivity index (χ1n) is 5.60. The molecule has 0 spiro atoms. The third kappa shape index (κ3) is 4.62. The maximum absolute atomic E-state index is 11.7. The molecule has 1 amide bonds. The number of nitrogens with two attached hydrogens (primary N) is 1. The molecule has 0 aromatic heterocycles. The summed E-state index contributed by atoms with van der Waals surface area (Å²) in [6.45, 7) is 7.81. The fourth-order valence-corrected chi connectivity index (χ4v) is 1.13. The predicted molar refractivity (Wildman–Crippen MR) is 61.3 cm³/mol. The maximum atomic E-state index is 11.7. The quantitative estimate of drug-likeness (QED) is 0.605. The third-order valence-electron chi connectivity index (χ3n) is 3.07. The highest BCUT2D eigenvalue weighted by molar-refractivity contribution is 5.82. The topological polar surface area (TPSA) is 75.4 Å². The highest BCUT2D eigenvalue weighted by atomic mass is 16.3. The number of rotatable bonds is 6. The van der Waals surface area contributed by atoms with E-state index in [1.807, 2.05) is 27.7 Å². The monoisotopic (exact) mass is 216 g/mol.